The highest BCUT2D eigenvalue weighted by molar-refractivity contribution is 5.97. The van der Waals surface area contributed by atoms with E-state index in [4.69, 9.17) is 14.2 Å². The van der Waals surface area contributed by atoms with Gasteiger partial charge in [0.25, 0.3) is 0 Å². The third-order valence-electron chi connectivity index (χ3n) is 7.14. The Labute approximate surface area is 211 Å². The van der Waals surface area contributed by atoms with Gasteiger partial charge < -0.3 is 29.0 Å². The van der Waals surface area contributed by atoms with Crippen molar-refractivity contribution >= 4 is 22.7 Å². The molecule has 0 aliphatic carbocycles. The number of carbonyl (C=O) groups is 2. The van der Waals surface area contributed by atoms with Crippen LogP contribution < -0.4 is 9.47 Å². The lowest BCUT2D eigenvalue weighted by atomic mass is 9.85. The molecule has 1 saturated heterocycles. The number of rotatable bonds is 9. The number of methoxy groups -OCH3 is 2. The minimum Gasteiger partial charge on any atom is -0.493 e. The van der Waals surface area contributed by atoms with Gasteiger partial charge in [0.15, 0.2) is 11.5 Å². The number of para-hydroxylation sites is 2. The molecule has 8 heteroatoms. The fraction of sp³-hybridized carbons (Fsp3) is 0.429. The lowest BCUT2D eigenvalue weighted by Gasteiger charge is -2.47. The van der Waals surface area contributed by atoms with E-state index in [9.17, 15) is 9.59 Å². The standard InChI is InChI=1S/C28H33N3O5/c1-4-14-36-15-8-13-30-17-24(32)31-22(28(30)33)16-20-18-9-5-6-11-21(18)29-25(20)26(31)19-10-7-12-23(34-2)27(19)35-3/h5-7,9-12,22,26,29H,4,8,13-17H2,1-3H3/t22-,26?/m0/s1. The fourth-order valence-corrected chi connectivity index (χ4v) is 5.57. The second-order valence-electron chi connectivity index (χ2n) is 9.29. The second-order valence-corrected chi connectivity index (χ2v) is 9.29. The van der Waals surface area contributed by atoms with Crippen LogP contribution in [0.1, 0.15) is 42.6 Å². The molecule has 0 radical (unpaired) electrons. The number of ether oxygens (including phenoxy) is 3. The summed E-state index contributed by atoms with van der Waals surface area (Å²) >= 11 is 0. The monoisotopic (exact) mass is 491 g/mol. The van der Waals surface area contributed by atoms with Crippen molar-refractivity contribution in [1.82, 2.24) is 14.8 Å². The summed E-state index contributed by atoms with van der Waals surface area (Å²) in [6.07, 6.45) is 2.13. The molecule has 5 rings (SSSR count). The number of fused-ring (bicyclic) bond motifs is 4. The van der Waals surface area contributed by atoms with Crippen molar-refractivity contribution < 1.29 is 23.8 Å². The van der Waals surface area contributed by atoms with E-state index in [1.807, 2.05) is 36.4 Å². The number of aromatic nitrogens is 1. The maximum Gasteiger partial charge on any atom is 0.246 e. The number of carbonyl (C=O) groups excluding carboxylic acids is 2. The summed E-state index contributed by atoms with van der Waals surface area (Å²) < 4.78 is 16.9. The lowest BCUT2D eigenvalue weighted by Crippen LogP contribution is -2.63. The third-order valence-corrected chi connectivity index (χ3v) is 7.14. The van der Waals surface area contributed by atoms with Gasteiger partial charge in [-0.05, 0) is 30.5 Å². The van der Waals surface area contributed by atoms with Gasteiger partial charge in [0.1, 0.15) is 12.1 Å². The molecule has 3 aromatic rings. The van der Waals surface area contributed by atoms with Crippen molar-refractivity contribution in [3.8, 4) is 11.5 Å². The highest BCUT2D eigenvalue weighted by Crippen LogP contribution is 2.46. The van der Waals surface area contributed by atoms with Crippen LogP contribution in [-0.2, 0) is 20.7 Å². The number of hydrogen-bond acceptors (Lipinski definition) is 5. The Balaban J connectivity index is 1.57. The maximum absolute atomic E-state index is 13.8. The molecule has 2 amide bonds. The Hall–Kier alpha value is -3.52. The van der Waals surface area contributed by atoms with Crippen molar-refractivity contribution in [1.29, 1.82) is 0 Å². The van der Waals surface area contributed by atoms with Crippen molar-refractivity contribution in [2.45, 2.75) is 38.3 Å². The Kier molecular flexibility index (Phi) is 6.87. The van der Waals surface area contributed by atoms with E-state index in [0.29, 0.717) is 44.1 Å². The highest BCUT2D eigenvalue weighted by Gasteiger charge is 2.48. The Morgan fingerprint density at radius 3 is 2.64 bits per heavy atom. The Morgan fingerprint density at radius 1 is 1.03 bits per heavy atom. The smallest absolute Gasteiger partial charge is 0.246 e. The number of H-pyrrole nitrogens is 1. The zero-order chi connectivity index (χ0) is 25.2. The van der Waals surface area contributed by atoms with Crippen molar-refractivity contribution in [3.63, 3.8) is 0 Å². The summed E-state index contributed by atoms with van der Waals surface area (Å²) in [6.45, 7) is 3.91. The summed E-state index contributed by atoms with van der Waals surface area (Å²) in [5, 5.41) is 1.07. The van der Waals surface area contributed by atoms with Gasteiger partial charge in [-0.15, -0.1) is 0 Å². The molecule has 1 unspecified atom stereocenters. The summed E-state index contributed by atoms with van der Waals surface area (Å²) in [6, 6.07) is 12.7. The van der Waals surface area contributed by atoms with Crippen molar-refractivity contribution in [3.05, 3.63) is 59.3 Å². The maximum atomic E-state index is 13.8. The summed E-state index contributed by atoms with van der Waals surface area (Å²) in [4.78, 5) is 34.5. The first-order valence-electron chi connectivity index (χ1n) is 12.6. The number of nitrogens with one attached hydrogen (secondary N) is 1. The van der Waals surface area contributed by atoms with E-state index in [0.717, 1.165) is 34.1 Å². The molecule has 2 atom stereocenters. The lowest BCUT2D eigenvalue weighted by molar-refractivity contribution is -0.158. The Morgan fingerprint density at radius 2 is 1.86 bits per heavy atom. The first kappa shape index (κ1) is 24.2. The zero-order valence-corrected chi connectivity index (χ0v) is 21.1. The summed E-state index contributed by atoms with van der Waals surface area (Å²) in [5.74, 6) is 1.05. The fourth-order valence-electron chi connectivity index (χ4n) is 5.57. The second kappa shape index (κ2) is 10.2. The number of amides is 2. The molecule has 3 heterocycles. The Bertz CT molecular complexity index is 1270. The van der Waals surface area contributed by atoms with Crippen LogP contribution in [0, 0.1) is 0 Å². The van der Waals surface area contributed by atoms with Gasteiger partial charge in [-0.1, -0.05) is 37.3 Å². The largest absolute Gasteiger partial charge is 0.493 e. The van der Waals surface area contributed by atoms with Crippen LogP contribution >= 0.6 is 0 Å². The van der Waals surface area contributed by atoms with Gasteiger partial charge in [0.2, 0.25) is 11.8 Å². The van der Waals surface area contributed by atoms with Crippen LogP contribution in [0.2, 0.25) is 0 Å². The predicted molar refractivity (Wildman–Crippen MR) is 136 cm³/mol. The van der Waals surface area contributed by atoms with E-state index in [2.05, 4.69) is 18.0 Å². The third kappa shape index (κ3) is 4.09. The molecule has 0 bridgehead atoms. The van der Waals surface area contributed by atoms with Gasteiger partial charge in [-0.3, -0.25) is 9.59 Å². The molecule has 1 fully saturated rings. The molecule has 0 spiro atoms. The average molecular weight is 492 g/mol. The quantitative estimate of drug-likeness (QED) is 0.462. The van der Waals surface area contributed by atoms with E-state index in [1.165, 1.54) is 0 Å². The van der Waals surface area contributed by atoms with E-state index in [1.54, 1.807) is 24.0 Å². The molecule has 1 aromatic heterocycles. The average Bonchev–Trinajstić information content (AvgIpc) is 3.28. The summed E-state index contributed by atoms with van der Waals surface area (Å²) in [7, 11) is 3.19. The SMILES string of the molecule is CCCOCCCN1CC(=O)N2C(c3cccc(OC)c3OC)c3[nH]c4ccccc4c3C[C@H]2C1=O. The van der Waals surface area contributed by atoms with Gasteiger partial charge in [0.05, 0.1) is 20.8 Å². The normalized spacial score (nSPS) is 19.4. The number of nitrogens with zero attached hydrogens (tertiary/aromatic N) is 2. The van der Waals surface area contributed by atoms with Crippen molar-refractivity contribution in [2.24, 2.45) is 0 Å². The molecule has 0 saturated carbocycles. The van der Waals surface area contributed by atoms with Crippen molar-refractivity contribution in [2.75, 3.05) is 40.5 Å². The molecule has 2 aromatic carbocycles. The van der Waals surface area contributed by atoms with Gasteiger partial charge in [0, 0.05) is 48.3 Å². The topological polar surface area (TPSA) is 84.1 Å². The molecule has 2 aliphatic heterocycles. The van der Waals surface area contributed by atoms with E-state index in [-0.39, 0.29) is 18.4 Å². The zero-order valence-electron chi connectivity index (χ0n) is 21.1. The molecule has 190 valence electrons. The summed E-state index contributed by atoms with van der Waals surface area (Å²) in [5.41, 5.74) is 3.76. The van der Waals surface area contributed by atoms with E-state index >= 15 is 0 Å². The molecule has 2 aliphatic rings. The minimum atomic E-state index is -0.588. The molecule has 8 nitrogen and oxygen atoms in total. The van der Waals surface area contributed by atoms with Crippen LogP contribution in [0.3, 0.4) is 0 Å². The van der Waals surface area contributed by atoms with Crippen LogP contribution in [0.5, 0.6) is 11.5 Å². The molecular formula is C28H33N3O5. The first-order valence-corrected chi connectivity index (χ1v) is 12.6. The minimum absolute atomic E-state index is 0.0205. The van der Waals surface area contributed by atoms with Gasteiger partial charge >= 0.3 is 0 Å². The van der Waals surface area contributed by atoms with Crippen LogP contribution in [-0.4, -0.2) is 73.2 Å². The molecule has 1 N–H and O–H groups in total. The van der Waals surface area contributed by atoms with Crippen LogP contribution in [0.25, 0.3) is 10.9 Å². The number of benzene rings is 2. The van der Waals surface area contributed by atoms with Crippen LogP contribution in [0.15, 0.2) is 42.5 Å². The molecular weight excluding hydrogens is 458 g/mol. The van der Waals surface area contributed by atoms with Gasteiger partial charge in [-0.2, -0.15) is 0 Å². The number of hydrogen-bond donors (Lipinski definition) is 1. The number of piperazine rings is 1. The van der Waals surface area contributed by atoms with Gasteiger partial charge in [-0.25, -0.2) is 0 Å². The van der Waals surface area contributed by atoms with E-state index < -0.39 is 12.1 Å². The van der Waals surface area contributed by atoms with Crippen LogP contribution in [0.4, 0.5) is 0 Å². The molecule has 36 heavy (non-hydrogen) atoms. The highest BCUT2D eigenvalue weighted by atomic mass is 16.5. The number of aromatic amines is 1. The first-order chi connectivity index (χ1) is 17.6. The predicted octanol–water partition coefficient (Wildman–Crippen LogP) is 3.69.